The maximum Gasteiger partial charge on any atom is 0.416 e. The van der Waals surface area contributed by atoms with Crippen LogP contribution < -0.4 is 0 Å². The third-order valence-corrected chi connectivity index (χ3v) is 3.58. The first-order valence-electron chi connectivity index (χ1n) is 6.99. The molecule has 0 amide bonds. The van der Waals surface area contributed by atoms with Crippen molar-refractivity contribution in [1.29, 1.82) is 0 Å². The van der Waals surface area contributed by atoms with E-state index in [0.29, 0.717) is 17.0 Å². The summed E-state index contributed by atoms with van der Waals surface area (Å²) in [6.45, 7) is 0. The van der Waals surface area contributed by atoms with Gasteiger partial charge in [0.15, 0.2) is 5.82 Å². The van der Waals surface area contributed by atoms with Gasteiger partial charge in [0.05, 0.1) is 11.8 Å². The molecule has 0 saturated heterocycles. The Labute approximate surface area is 144 Å². The molecule has 0 aliphatic rings. The van der Waals surface area contributed by atoms with Crippen molar-refractivity contribution in [3.8, 4) is 11.4 Å². The van der Waals surface area contributed by atoms with Crippen LogP contribution in [0.1, 0.15) is 11.1 Å². The topological polar surface area (TPSA) is 46.0 Å². The lowest BCUT2D eigenvalue weighted by atomic mass is 10.1. The van der Waals surface area contributed by atoms with E-state index in [1.165, 1.54) is 47.3 Å². The number of benzene rings is 2. The number of halogens is 4. The molecule has 25 heavy (non-hydrogen) atoms. The molecule has 0 fully saturated rings. The molecule has 3 rings (SSSR count). The van der Waals surface area contributed by atoms with Crippen LogP contribution in [0.5, 0.6) is 0 Å². The summed E-state index contributed by atoms with van der Waals surface area (Å²) in [4.78, 5) is 0. The molecule has 3 aromatic rings. The summed E-state index contributed by atoms with van der Waals surface area (Å²) < 4.78 is 52.2. The van der Waals surface area contributed by atoms with Crippen molar-refractivity contribution in [2.75, 3.05) is 0 Å². The van der Waals surface area contributed by atoms with E-state index in [9.17, 15) is 17.6 Å². The average molecular weight is 366 g/mol. The quantitative estimate of drug-likeness (QED) is 0.417. The first-order chi connectivity index (χ1) is 11.8. The van der Waals surface area contributed by atoms with Crippen molar-refractivity contribution in [3.63, 3.8) is 0 Å². The van der Waals surface area contributed by atoms with Gasteiger partial charge in [-0.15, -0.1) is 0 Å². The predicted molar refractivity (Wildman–Crippen MR) is 87.2 cm³/mol. The van der Waals surface area contributed by atoms with E-state index < -0.39 is 17.6 Å². The molecule has 0 spiro atoms. The number of nitrogens with one attached hydrogen (secondary N) is 1. The molecule has 4 nitrogen and oxygen atoms in total. The number of rotatable bonds is 3. The molecule has 128 valence electrons. The number of nitrogens with zero attached hydrogens (tertiary/aromatic N) is 3. The highest BCUT2D eigenvalue weighted by Gasteiger charge is 2.29. The summed E-state index contributed by atoms with van der Waals surface area (Å²) in [5.41, 5.74) is 0.302. The number of H-pyrrole nitrogens is 1. The first kappa shape index (κ1) is 17.0. The van der Waals surface area contributed by atoms with E-state index in [2.05, 4.69) is 15.3 Å². The third kappa shape index (κ3) is 3.82. The van der Waals surface area contributed by atoms with Gasteiger partial charge in [0.25, 0.3) is 0 Å². The normalized spacial score (nSPS) is 12.0. The third-order valence-electron chi connectivity index (χ3n) is 3.31. The van der Waals surface area contributed by atoms with Crippen LogP contribution >= 0.6 is 12.2 Å². The number of hydrogen-bond acceptors (Lipinski definition) is 3. The van der Waals surface area contributed by atoms with Crippen LogP contribution in [-0.2, 0) is 6.18 Å². The van der Waals surface area contributed by atoms with Crippen LogP contribution in [0, 0.1) is 10.6 Å². The number of aromatic amines is 1. The smallest absolute Gasteiger partial charge is 0.250 e. The molecule has 0 saturated carbocycles. The molecule has 2 aromatic carbocycles. The molecule has 1 aromatic heterocycles. The number of hydrogen-bond donors (Lipinski definition) is 1. The van der Waals surface area contributed by atoms with E-state index in [4.69, 9.17) is 12.2 Å². The predicted octanol–water partition coefficient (Wildman–Crippen LogP) is 4.65. The molecule has 0 radical (unpaired) electrons. The Morgan fingerprint density at radius 1 is 1.04 bits per heavy atom. The Morgan fingerprint density at radius 2 is 1.68 bits per heavy atom. The fourth-order valence-electron chi connectivity index (χ4n) is 2.07. The van der Waals surface area contributed by atoms with Crippen molar-refractivity contribution in [3.05, 3.63) is 70.2 Å². The maximum atomic E-state index is 13.0. The lowest BCUT2D eigenvalue weighted by Gasteiger charge is -2.05. The SMILES string of the molecule is Fc1ccc(-c2n[nH]c(=S)n2/N=C/c2ccc(C(F)(F)F)cc2)cc1. The van der Waals surface area contributed by atoms with Gasteiger partial charge in [-0.1, -0.05) is 12.1 Å². The standard InChI is InChI=1S/C16H10F4N4S/c17-13-7-3-11(4-8-13)14-22-23-15(25)24(14)21-9-10-1-5-12(6-2-10)16(18,19)20/h1-9H,(H,23,25)/b21-9+. The minimum atomic E-state index is -4.39. The molecule has 0 atom stereocenters. The Balaban J connectivity index is 1.90. The monoisotopic (exact) mass is 366 g/mol. The maximum absolute atomic E-state index is 13.0. The van der Waals surface area contributed by atoms with Crippen LogP contribution in [-0.4, -0.2) is 21.1 Å². The summed E-state index contributed by atoms with van der Waals surface area (Å²) in [5.74, 6) is -0.0362. The zero-order chi connectivity index (χ0) is 18.0. The average Bonchev–Trinajstić information content (AvgIpc) is 2.94. The highest BCUT2D eigenvalue weighted by molar-refractivity contribution is 7.71. The van der Waals surface area contributed by atoms with Crippen LogP contribution in [0.3, 0.4) is 0 Å². The molecule has 0 unspecified atom stereocenters. The van der Waals surface area contributed by atoms with Crippen LogP contribution in [0.15, 0.2) is 53.6 Å². The Hall–Kier alpha value is -2.81. The number of alkyl halides is 3. The van der Waals surface area contributed by atoms with Crippen molar-refractivity contribution in [1.82, 2.24) is 14.9 Å². The van der Waals surface area contributed by atoms with Crippen LogP contribution in [0.4, 0.5) is 17.6 Å². The van der Waals surface area contributed by atoms with Gasteiger partial charge < -0.3 is 0 Å². The van der Waals surface area contributed by atoms with E-state index in [1.807, 2.05) is 0 Å². The summed E-state index contributed by atoms with van der Waals surface area (Å²) in [5, 5.41) is 10.8. The van der Waals surface area contributed by atoms with Gasteiger partial charge >= 0.3 is 6.18 Å². The lowest BCUT2D eigenvalue weighted by molar-refractivity contribution is -0.137. The molecule has 0 bridgehead atoms. The van der Waals surface area contributed by atoms with Gasteiger partial charge in [-0.05, 0) is 54.2 Å². The van der Waals surface area contributed by atoms with Gasteiger partial charge in [-0.2, -0.15) is 28.0 Å². The summed E-state index contributed by atoms with van der Waals surface area (Å²) in [6.07, 6.45) is -3.03. The highest BCUT2D eigenvalue weighted by atomic mass is 32.1. The van der Waals surface area contributed by atoms with Gasteiger partial charge in [-0.3, -0.25) is 0 Å². The fourth-order valence-corrected chi connectivity index (χ4v) is 2.25. The van der Waals surface area contributed by atoms with E-state index in [-0.39, 0.29) is 4.77 Å². The molecule has 1 N–H and O–H groups in total. The number of aromatic nitrogens is 3. The van der Waals surface area contributed by atoms with E-state index in [0.717, 1.165) is 12.1 Å². The molecule has 0 aliphatic heterocycles. The summed E-state index contributed by atoms with van der Waals surface area (Å²) >= 11 is 5.09. The minimum absolute atomic E-state index is 0.197. The van der Waals surface area contributed by atoms with Crippen molar-refractivity contribution < 1.29 is 17.6 Å². The van der Waals surface area contributed by atoms with Crippen molar-refractivity contribution >= 4 is 18.4 Å². The molecule has 1 heterocycles. The first-order valence-corrected chi connectivity index (χ1v) is 7.40. The summed E-state index contributed by atoms with van der Waals surface area (Å²) in [6, 6.07) is 10.1. The lowest BCUT2D eigenvalue weighted by Crippen LogP contribution is -2.04. The van der Waals surface area contributed by atoms with Gasteiger partial charge in [0.2, 0.25) is 4.77 Å². The highest BCUT2D eigenvalue weighted by Crippen LogP contribution is 2.28. The van der Waals surface area contributed by atoms with Crippen LogP contribution in [0.25, 0.3) is 11.4 Å². The Morgan fingerprint density at radius 3 is 2.28 bits per heavy atom. The zero-order valence-corrected chi connectivity index (χ0v) is 13.3. The second-order valence-electron chi connectivity index (χ2n) is 5.04. The van der Waals surface area contributed by atoms with Gasteiger partial charge in [0, 0.05) is 5.56 Å². The van der Waals surface area contributed by atoms with Gasteiger partial charge in [0.1, 0.15) is 5.82 Å². The van der Waals surface area contributed by atoms with Crippen molar-refractivity contribution in [2.24, 2.45) is 5.10 Å². The van der Waals surface area contributed by atoms with E-state index in [1.54, 1.807) is 0 Å². The largest absolute Gasteiger partial charge is 0.416 e. The molecular weight excluding hydrogens is 356 g/mol. The van der Waals surface area contributed by atoms with Crippen LogP contribution in [0.2, 0.25) is 0 Å². The second kappa shape index (κ2) is 6.60. The van der Waals surface area contributed by atoms with E-state index >= 15 is 0 Å². The zero-order valence-electron chi connectivity index (χ0n) is 12.5. The summed E-state index contributed by atoms with van der Waals surface area (Å²) in [7, 11) is 0. The Kier molecular flexibility index (Phi) is 4.49. The molecule has 0 aliphatic carbocycles. The molecular formula is C16H10F4N4S. The van der Waals surface area contributed by atoms with Gasteiger partial charge in [-0.25, -0.2) is 9.49 Å². The molecule has 9 heteroatoms. The Bertz CT molecular complexity index is 954. The minimum Gasteiger partial charge on any atom is -0.250 e. The second-order valence-corrected chi connectivity index (χ2v) is 5.42. The van der Waals surface area contributed by atoms with Crippen molar-refractivity contribution in [2.45, 2.75) is 6.18 Å². The fraction of sp³-hybridized carbons (Fsp3) is 0.0625.